The summed E-state index contributed by atoms with van der Waals surface area (Å²) in [5, 5.41) is 3.96. The summed E-state index contributed by atoms with van der Waals surface area (Å²) in [4.78, 5) is 32.2. The van der Waals surface area contributed by atoms with Crippen molar-refractivity contribution in [1.82, 2.24) is 14.9 Å². The number of nitrogens with one attached hydrogen (secondary N) is 1. The number of thioether (sulfide) groups is 1. The minimum Gasteiger partial charge on any atom is -0.358 e. The molecule has 2 aromatic heterocycles. The van der Waals surface area contributed by atoms with Gasteiger partial charge in [0.1, 0.15) is 4.83 Å². The van der Waals surface area contributed by atoms with Crippen LogP contribution in [0.1, 0.15) is 28.8 Å². The van der Waals surface area contributed by atoms with Crippen molar-refractivity contribution in [1.29, 1.82) is 0 Å². The van der Waals surface area contributed by atoms with Gasteiger partial charge in [0, 0.05) is 11.9 Å². The van der Waals surface area contributed by atoms with E-state index in [1.165, 1.54) is 28.6 Å². The molecule has 0 unspecified atom stereocenters. The molecule has 140 valence electrons. The number of hydrogen-bond donors (Lipinski definition) is 1. The molecule has 4 rings (SSSR count). The quantitative estimate of drug-likeness (QED) is 0.539. The molecule has 2 heterocycles. The summed E-state index contributed by atoms with van der Waals surface area (Å²) < 4.78 is 1.67. The lowest BCUT2D eigenvalue weighted by atomic mass is 9.97. The Morgan fingerprint density at radius 3 is 2.93 bits per heavy atom. The highest BCUT2D eigenvalue weighted by atomic mass is 32.2. The summed E-state index contributed by atoms with van der Waals surface area (Å²) in [7, 11) is 1.61. The monoisotopic (exact) mass is 399 g/mol. The predicted octanol–water partition coefficient (Wildman–Crippen LogP) is 3.47. The van der Waals surface area contributed by atoms with E-state index < -0.39 is 0 Å². The molecule has 0 saturated heterocycles. The molecule has 0 radical (unpaired) electrons. The fourth-order valence-corrected chi connectivity index (χ4v) is 5.67. The van der Waals surface area contributed by atoms with Crippen LogP contribution >= 0.6 is 23.1 Å². The third-order valence-corrected chi connectivity index (χ3v) is 6.95. The van der Waals surface area contributed by atoms with Crippen molar-refractivity contribution < 1.29 is 4.79 Å². The summed E-state index contributed by atoms with van der Waals surface area (Å²) in [5.74, 6) is 0.140. The molecule has 1 amide bonds. The lowest BCUT2D eigenvalue weighted by molar-refractivity contribution is -0.118. The zero-order chi connectivity index (χ0) is 19.0. The number of aromatic nitrogens is 2. The molecular formula is C20H21N3O2S2. The number of fused-ring (bicyclic) bond motifs is 3. The smallest absolute Gasteiger partial charge is 0.267 e. The van der Waals surface area contributed by atoms with Gasteiger partial charge in [0.2, 0.25) is 5.91 Å². The summed E-state index contributed by atoms with van der Waals surface area (Å²) in [6, 6.07) is 7.85. The van der Waals surface area contributed by atoms with Crippen molar-refractivity contribution in [3.05, 3.63) is 50.6 Å². The van der Waals surface area contributed by atoms with Crippen LogP contribution in [0.15, 0.2) is 34.2 Å². The van der Waals surface area contributed by atoms with Gasteiger partial charge in [-0.25, -0.2) is 4.98 Å². The van der Waals surface area contributed by atoms with Gasteiger partial charge in [0.05, 0.1) is 16.8 Å². The average Bonchev–Trinajstić information content (AvgIpc) is 3.04. The molecule has 0 bridgehead atoms. The number of thiophene rings is 1. The highest BCUT2D eigenvalue weighted by molar-refractivity contribution is 7.99. The number of nitrogens with zero attached hydrogens (tertiary/aromatic N) is 2. The fourth-order valence-electron chi connectivity index (χ4n) is 3.48. The molecule has 0 aliphatic heterocycles. The summed E-state index contributed by atoms with van der Waals surface area (Å²) in [6.45, 7) is 2.00. The maximum Gasteiger partial charge on any atom is 0.267 e. The Labute approximate surface area is 165 Å². The topological polar surface area (TPSA) is 64.0 Å². The van der Waals surface area contributed by atoms with Gasteiger partial charge in [0.25, 0.3) is 5.56 Å². The van der Waals surface area contributed by atoms with E-state index in [1.54, 1.807) is 23.0 Å². The predicted molar refractivity (Wildman–Crippen MR) is 111 cm³/mol. The van der Waals surface area contributed by atoms with Crippen molar-refractivity contribution in [2.24, 2.45) is 0 Å². The third kappa shape index (κ3) is 3.41. The van der Waals surface area contributed by atoms with Gasteiger partial charge in [-0.2, -0.15) is 0 Å². The molecule has 1 aromatic carbocycles. The van der Waals surface area contributed by atoms with E-state index in [9.17, 15) is 9.59 Å². The first-order valence-corrected chi connectivity index (χ1v) is 10.9. The lowest BCUT2D eigenvalue weighted by Gasteiger charge is -2.14. The Bertz CT molecular complexity index is 1080. The van der Waals surface area contributed by atoms with Gasteiger partial charge >= 0.3 is 0 Å². The molecule has 7 heteroatoms. The van der Waals surface area contributed by atoms with Crippen LogP contribution in [0.25, 0.3) is 15.9 Å². The van der Waals surface area contributed by atoms with E-state index in [0.717, 1.165) is 40.7 Å². The van der Waals surface area contributed by atoms with Gasteiger partial charge < -0.3 is 5.32 Å². The van der Waals surface area contributed by atoms with Gasteiger partial charge in [-0.1, -0.05) is 23.9 Å². The Morgan fingerprint density at radius 2 is 2.15 bits per heavy atom. The molecule has 3 aromatic rings. The number of hydrogen-bond acceptors (Lipinski definition) is 5. The first-order chi connectivity index (χ1) is 13.1. The van der Waals surface area contributed by atoms with Gasteiger partial charge in [0.15, 0.2) is 5.16 Å². The first-order valence-electron chi connectivity index (χ1n) is 9.06. The largest absolute Gasteiger partial charge is 0.358 e. The Balaban J connectivity index is 1.94. The second kappa shape index (κ2) is 7.48. The molecule has 1 N–H and O–H groups in total. The zero-order valence-corrected chi connectivity index (χ0v) is 17.0. The molecule has 0 atom stereocenters. The second-order valence-electron chi connectivity index (χ2n) is 6.73. The summed E-state index contributed by atoms with van der Waals surface area (Å²) in [5.41, 5.74) is 3.03. The molecule has 0 spiro atoms. The van der Waals surface area contributed by atoms with Gasteiger partial charge in [-0.15, -0.1) is 11.3 Å². The van der Waals surface area contributed by atoms with Crippen LogP contribution in [-0.2, 0) is 17.6 Å². The molecule has 1 aliphatic carbocycles. The van der Waals surface area contributed by atoms with Crippen LogP contribution in [0.2, 0.25) is 0 Å². The molecule has 1 aliphatic rings. The number of carbonyl (C=O) groups is 1. The maximum absolute atomic E-state index is 13.5. The fraction of sp³-hybridized carbons (Fsp3) is 0.350. The first kappa shape index (κ1) is 18.3. The number of benzene rings is 1. The van der Waals surface area contributed by atoms with E-state index in [1.807, 2.05) is 31.2 Å². The minimum atomic E-state index is -0.0874. The molecule has 0 saturated carbocycles. The van der Waals surface area contributed by atoms with E-state index in [4.69, 9.17) is 4.98 Å². The highest BCUT2D eigenvalue weighted by Gasteiger charge is 2.23. The summed E-state index contributed by atoms with van der Waals surface area (Å²) >= 11 is 2.94. The highest BCUT2D eigenvalue weighted by Crippen LogP contribution is 2.35. The van der Waals surface area contributed by atoms with Crippen molar-refractivity contribution in [2.75, 3.05) is 12.8 Å². The second-order valence-corrected chi connectivity index (χ2v) is 8.75. The standard InChI is InChI=1S/C20H21N3O2S2/c1-12-6-5-7-13(10-12)23-19(25)17-14-8-3-4-9-15(14)27-18(17)22-20(23)26-11-16(24)21-2/h5-7,10H,3-4,8-9,11H2,1-2H3,(H,21,24). The van der Waals surface area contributed by atoms with E-state index in [0.29, 0.717) is 5.16 Å². The van der Waals surface area contributed by atoms with Crippen LogP contribution in [-0.4, -0.2) is 28.3 Å². The average molecular weight is 400 g/mol. The van der Waals surface area contributed by atoms with E-state index in [2.05, 4.69) is 5.32 Å². The van der Waals surface area contributed by atoms with Crippen molar-refractivity contribution in [2.45, 2.75) is 37.8 Å². The number of amides is 1. The Kier molecular flexibility index (Phi) is 5.06. The Morgan fingerprint density at radius 1 is 1.33 bits per heavy atom. The van der Waals surface area contributed by atoms with E-state index >= 15 is 0 Å². The normalized spacial score (nSPS) is 13.6. The lowest BCUT2D eigenvalue weighted by Crippen LogP contribution is -2.24. The van der Waals surface area contributed by atoms with Crippen molar-refractivity contribution >= 4 is 39.2 Å². The number of aryl methyl sites for hydroxylation is 3. The number of carbonyl (C=O) groups excluding carboxylic acids is 1. The number of rotatable bonds is 4. The van der Waals surface area contributed by atoms with Gasteiger partial charge in [-0.3, -0.25) is 14.2 Å². The third-order valence-electron chi connectivity index (χ3n) is 4.83. The van der Waals surface area contributed by atoms with Gasteiger partial charge in [-0.05, 0) is 55.9 Å². The van der Waals surface area contributed by atoms with Crippen LogP contribution in [0, 0.1) is 6.92 Å². The summed E-state index contributed by atoms with van der Waals surface area (Å²) in [6.07, 6.45) is 4.27. The van der Waals surface area contributed by atoms with Crippen LogP contribution in [0.5, 0.6) is 0 Å². The van der Waals surface area contributed by atoms with Crippen LogP contribution < -0.4 is 10.9 Å². The maximum atomic E-state index is 13.5. The molecular weight excluding hydrogens is 378 g/mol. The molecule has 0 fully saturated rings. The Hall–Kier alpha value is -2.12. The van der Waals surface area contributed by atoms with Crippen LogP contribution in [0.4, 0.5) is 0 Å². The molecule has 5 nitrogen and oxygen atoms in total. The van der Waals surface area contributed by atoms with Crippen molar-refractivity contribution in [3.63, 3.8) is 0 Å². The minimum absolute atomic E-state index is 0.0237. The molecule has 27 heavy (non-hydrogen) atoms. The van der Waals surface area contributed by atoms with Crippen molar-refractivity contribution in [3.8, 4) is 5.69 Å². The zero-order valence-electron chi connectivity index (χ0n) is 15.4. The SMILES string of the molecule is CNC(=O)CSc1nc2sc3c(c2c(=O)n1-c1cccc(C)c1)CCCC3. The van der Waals surface area contributed by atoms with Crippen LogP contribution in [0.3, 0.4) is 0 Å². The van der Waals surface area contributed by atoms with E-state index in [-0.39, 0.29) is 17.2 Å².